The molecule has 1 N–H and O–H groups in total. The third-order valence-corrected chi connectivity index (χ3v) is 6.71. The summed E-state index contributed by atoms with van der Waals surface area (Å²) in [4.78, 5) is 21.5. The predicted molar refractivity (Wildman–Crippen MR) is 120 cm³/mol. The first-order chi connectivity index (χ1) is 14.5. The summed E-state index contributed by atoms with van der Waals surface area (Å²) in [5.41, 5.74) is 3.55. The number of amides is 1. The lowest BCUT2D eigenvalue weighted by molar-refractivity contribution is -0.113. The van der Waals surface area contributed by atoms with Gasteiger partial charge in [-0.15, -0.1) is 0 Å². The van der Waals surface area contributed by atoms with Crippen molar-refractivity contribution in [3.63, 3.8) is 0 Å². The average Bonchev–Trinajstić information content (AvgIpc) is 3.36. The van der Waals surface area contributed by atoms with Gasteiger partial charge in [0.1, 0.15) is 12.7 Å². The molecule has 0 spiro atoms. The summed E-state index contributed by atoms with van der Waals surface area (Å²) in [5.74, 6) is 0.156. The van der Waals surface area contributed by atoms with Crippen LogP contribution in [0.15, 0.2) is 36.0 Å². The molecule has 0 aliphatic heterocycles. The minimum Gasteiger partial charge on any atom is -0.323 e. The van der Waals surface area contributed by atoms with Gasteiger partial charge < -0.3 is 9.88 Å². The molecule has 1 aromatic carbocycles. The lowest BCUT2D eigenvalue weighted by atomic mass is 9.95. The van der Waals surface area contributed by atoms with Gasteiger partial charge in [0.15, 0.2) is 5.16 Å². The average molecular weight is 445 g/mol. The molecule has 2 aromatic heterocycles. The number of carbonyl (C=O) groups excluding carboxylic acids is 1. The van der Waals surface area contributed by atoms with Crippen LogP contribution in [0.5, 0.6) is 0 Å². The lowest BCUT2D eigenvalue weighted by Crippen LogP contribution is -2.18. The second-order valence-electron chi connectivity index (χ2n) is 7.57. The molecule has 7 nitrogen and oxygen atoms in total. The quantitative estimate of drug-likeness (QED) is 0.543. The molecule has 3 aromatic rings. The van der Waals surface area contributed by atoms with Crippen molar-refractivity contribution in [3.8, 4) is 5.69 Å². The van der Waals surface area contributed by atoms with Crippen molar-refractivity contribution in [2.45, 2.75) is 57.1 Å². The number of rotatable bonds is 6. The number of halogens is 1. The molecule has 158 valence electrons. The number of aryl methyl sites for hydroxylation is 1. The standard InChI is InChI=1S/C21H25ClN6OS/c1-14-15(2)28(17-6-4-3-5-7-17)21(25-14)30-11-20(29)26-18-10-16(22)8-9-19(18)27-13-23-12-24-27/h8-10,12-13,17H,3-7,11H2,1-2H3,(H,26,29). The van der Waals surface area contributed by atoms with E-state index in [-0.39, 0.29) is 11.7 Å². The summed E-state index contributed by atoms with van der Waals surface area (Å²) in [6, 6.07) is 5.77. The Bertz CT molecular complexity index is 1030. The van der Waals surface area contributed by atoms with E-state index in [2.05, 4.69) is 26.9 Å². The molecule has 1 saturated carbocycles. The number of anilines is 1. The molecular weight excluding hydrogens is 420 g/mol. The smallest absolute Gasteiger partial charge is 0.234 e. The van der Waals surface area contributed by atoms with Gasteiger partial charge in [0, 0.05) is 16.8 Å². The summed E-state index contributed by atoms with van der Waals surface area (Å²) in [5, 5.41) is 8.57. The summed E-state index contributed by atoms with van der Waals surface area (Å²) >= 11 is 7.63. The number of imidazole rings is 1. The number of thioether (sulfide) groups is 1. The SMILES string of the molecule is Cc1nc(SCC(=O)Nc2cc(Cl)ccc2-n2cncn2)n(C2CCCCC2)c1C. The highest BCUT2D eigenvalue weighted by Gasteiger charge is 2.22. The van der Waals surface area contributed by atoms with Gasteiger partial charge in [0.05, 0.1) is 22.8 Å². The molecule has 2 heterocycles. The Kier molecular flexibility index (Phi) is 6.43. The van der Waals surface area contributed by atoms with E-state index in [0.29, 0.717) is 22.4 Å². The molecule has 0 unspecified atom stereocenters. The van der Waals surface area contributed by atoms with Gasteiger partial charge in [-0.3, -0.25) is 4.79 Å². The van der Waals surface area contributed by atoms with Crippen LogP contribution in [-0.4, -0.2) is 36.0 Å². The number of hydrogen-bond donors (Lipinski definition) is 1. The van der Waals surface area contributed by atoms with Gasteiger partial charge >= 0.3 is 0 Å². The number of aromatic nitrogens is 5. The fourth-order valence-corrected chi connectivity index (χ4v) is 5.06. The van der Waals surface area contributed by atoms with Crippen LogP contribution in [0.4, 0.5) is 5.69 Å². The zero-order valence-electron chi connectivity index (χ0n) is 17.1. The van der Waals surface area contributed by atoms with E-state index < -0.39 is 0 Å². The van der Waals surface area contributed by atoms with Crippen LogP contribution < -0.4 is 5.32 Å². The fraction of sp³-hybridized carbons (Fsp3) is 0.429. The number of benzene rings is 1. The van der Waals surface area contributed by atoms with Gasteiger partial charge in [0.25, 0.3) is 0 Å². The lowest BCUT2D eigenvalue weighted by Gasteiger charge is -2.26. The summed E-state index contributed by atoms with van der Waals surface area (Å²) in [6.45, 7) is 4.16. The van der Waals surface area contributed by atoms with E-state index in [0.717, 1.165) is 10.9 Å². The van der Waals surface area contributed by atoms with Crippen LogP contribution in [0.1, 0.15) is 49.5 Å². The largest absolute Gasteiger partial charge is 0.323 e. The first kappa shape index (κ1) is 20.9. The molecule has 0 saturated heterocycles. The van der Waals surface area contributed by atoms with Crippen molar-refractivity contribution < 1.29 is 4.79 Å². The Balaban J connectivity index is 1.48. The monoisotopic (exact) mass is 444 g/mol. The highest BCUT2D eigenvalue weighted by molar-refractivity contribution is 7.99. The van der Waals surface area contributed by atoms with Crippen molar-refractivity contribution in [1.29, 1.82) is 0 Å². The third kappa shape index (κ3) is 4.54. The van der Waals surface area contributed by atoms with Crippen LogP contribution >= 0.6 is 23.4 Å². The normalized spacial score (nSPS) is 14.8. The van der Waals surface area contributed by atoms with Crippen molar-refractivity contribution in [2.75, 3.05) is 11.1 Å². The van der Waals surface area contributed by atoms with Crippen LogP contribution in [-0.2, 0) is 4.79 Å². The van der Waals surface area contributed by atoms with Crippen molar-refractivity contribution in [3.05, 3.63) is 47.3 Å². The second kappa shape index (κ2) is 9.22. The summed E-state index contributed by atoms with van der Waals surface area (Å²) < 4.78 is 3.94. The summed E-state index contributed by atoms with van der Waals surface area (Å²) in [7, 11) is 0. The number of hydrogen-bond acceptors (Lipinski definition) is 5. The molecule has 0 atom stereocenters. The number of carbonyl (C=O) groups is 1. The molecule has 0 bridgehead atoms. The Morgan fingerprint density at radius 1 is 1.27 bits per heavy atom. The fourth-order valence-electron chi connectivity index (χ4n) is 3.92. The Morgan fingerprint density at radius 3 is 2.80 bits per heavy atom. The second-order valence-corrected chi connectivity index (χ2v) is 8.94. The molecule has 4 rings (SSSR count). The van der Waals surface area contributed by atoms with E-state index in [4.69, 9.17) is 16.6 Å². The van der Waals surface area contributed by atoms with Crippen molar-refractivity contribution in [2.24, 2.45) is 0 Å². The molecular formula is C21H25ClN6OS. The van der Waals surface area contributed by atoms with Gasteiger partial charge in [-0.2, -0.15) is 5.10 Å². The van der Waals surface area contributed by atoms with Crippen molar-refractivity contribution in [1.82, 2.24) is 24.3 Å². The van der Waals surface area contributed by atoms with E-state index in [1.807, 2.05) is 13.0 Å². The molecule has 30 heavy (non-hydrogen) atoms. The zero-order valence-corrected chi connectivity index (χ0v) is 18.7. The highest BCUT2D eigenvalue weighted by atomic mass is 35.5. The van der Waals surface area contributed by atoms with Crippen LogP contribution in [0.25, 0.3) is 5.69 Å². The Morgan fingerprint density at radius 2 is 2.07 bits per heavy atom. The van der Waals surface area contributed by atoms with E-state index >= 15 is 0 Å². The maximum atomic E-state index is 12.7. The predicted octanol–water partition coefficient (Wildman–Crippen LogP) is 4.97. The molecule has 0 radical (unpaired) electrons. The highest BCUT2D eigenvalue weighted by Crippen LogP contribution is 2.34. The van der Waals surface area contributed by atoms with Crippen molar-refractivity contribution >= 4 is 35.0 Å². The minimum absolute atomic E-state index is 0.114. The Hall–Kier alpha value is -2.32. The van der Waals surface area contributed by atoms with E-state index in [1.165, 1.54) is 55.9 Å². The maximum absolute atomic E-state index is 12.7. The molecule has 1 aliphatic carbocycles. The van der Waals surface area contributed by atoms with Gasteiger partial charge in [-0.05, 0) is 44.9 Å². The topological polar surface area (TPSA) is 77.6 Å². The first-order valence-corrected chi connectivity index (χ1v) is 11.5. The Labute approximate surface area is 185 Å². The van der Waals surface area contributed by atoms with Crippen LogP contribution in [0.2, 0.25) is 5.02 Å². The van der Waals surface area contributed by atoms with Crippen LogP contribution in [0.3, 0.4) is 0 Å². The van der Waals surface area contributed by atoms with Gasteiger partial charge in [0.2, 0.25) is 5.91 Å². The van der Waals surface area contributed by atoms with E-state index in [9.17, 15) is 4.79 Å². The third-order valence-electron chi connectivity index (χ3n) is 5.52. The van der Waals surface area contributed by atoms with Gasteiger partial charge in [-0.1, -0.05) is 42.6 Å². The van der Waals surface area contributed by atoms with Crippen LogP contribution in [0, 0.1) is 13.8 Å². The molecule has 9 heteroatoms. The summed E-state index contributed by atoms with van der Waals surface area (Å²) in [6.07, 6.45) is 9.21. The molecule has 1 aliphatic rings. The van der Waals surface area contributed by atoms with E-state index in [1.54, 1.807) is 23.1 Å². The number of nitrogens with one attached hydrogen (secondary N) is 1. The van der Waals surface area contributed by atoms with Gasteiger partial charge in [-0.25, -0.2) is 14.6 Å². The first-order valence-electron chi connectivity index (χ1n) is 10.2. The zero-order chi connectivity index (χ0) is 21.1. The molecule has 1 amide bonds. The number of nitrogens with zero attached hydrogens (tertiary/aromatic N) is 5. The molecule has 1 fully saturated rings. The maximum Gasteiger partial charge on any atom is 0.234 e. The minimum atomic E-state index is -0.114.